The SMILES string of the molecule is OC[C@H]1O[C@@H](n2cc(CO[C@@H]3C=C[C@H](O)[C@@H](CO)O3)nn2)[C@H](O)[C@@H](O)[C@@H]1O. The first kappa shape index (κ1) is 20.3. The molecule has 27 heavy (non-hydrogen) atoms. The highest BCUT2D eigenvalue weighted by Gasteiger charge is 2.44. The summed E-state index contributed by atoms with van der Waals surface area (Å²) in [5.41, 5.74) is 0.357. The molecule has 0 saturated carbocycles. The number of aliphatic hydroxyl groups is 6. The topological polar surface area (TPSA) is 180 Å². The van der Waals surface area contributed by atoms with Crippen LogP contribution in [0.4, 0.5) is 0 Å². The minimum atomic E-state index is -1.52. The maximum atomic E-state index is 10.1. The molecule has 0 bridgehead atoms. The van der Waals surface area contributed by atoms with Crippen molar-refractivity contribution in [1.82, 2.24) is 15.0 Å². The average Bonchev–Trinajstić information content (AvgIpc) is 3.14. The molecule has 0 aliphatic carbocycles. The molecule has 0 amide bonds. The van der Waals surface area contributed by atoms with E-state index in [0.717, 1.165) is 4.68 Å². The Kier molecular flexibility index (Phi) is 6.52. The van der Waals surface area contributed by atoms with Gasteiger partial charge in [-0.1, -0.05) is 11.3 Å². The van der Waals surface area contributed by atoms with Crippen molar-refractivity contribution >= 4 is 0 Å². The molecule has 2 aliphatic heterocycles. The van der Waals surface area contributed by atoms with Crippen molar-refractivity contribution in [2.45, 2.75) is 55.7 Å². The van der Waals surface area contributed by atoms with Gasteiger partial charge in [0.2, 0.25) is 0 Å². The van der Waals surface area contributed by atoms with E-state index < -0.39 is 55.7 Å². The molecule has 0 aromatic carbocycles. The monoisotopic (exact) mass is 389 g/mol. The first-order chi connectivity index (χ1) is 12.9. The van der Waals surface area contributed by atoms with Gasteiger partial charge in [-0.05, 0) is 6.08 Å². The predicted octanol–water partition coefficient (Wildman–Crippen LogP) is -3.60. The van der Waals surface area contributed by atoms with E-state index in [1.807, 2.05) is 0 Å². The number of rotatable bonds is 6. The lowest BCUT2D eigenvalue weighted by Crippen LogP contribution is -2.56. The van der Waals surface area contributed by atoms with Crippen LogP contribution in [0.5, 0.6) is 0 Å². The van der Waals surface area contributed by atoms with E-state index in [4.69, 9.17) is 19.3 Å². The third-order valence-electron chi connectivity index (χ3n) is 4.42. The highest BCUT2D eigenvalue weighted by Crippen LogP contribution is 2.27. The Labute approximate surface area is 153 Å². The molecule has 2 aliphatic rings. The second-order valence-electron chi connectivity index (χ2n) is 6.32. The van der Waals surface area contributed by atoms with E-state index in [9.17, 15) is 25.5 Å². The van der Waals surface area contributed by atoms with Gasteiger partial charge in [0, 0.05) is 0 Å². The van der Waals surface area contributed by atoms with E-state index in [0.29, 0.717) is 5.69 Å². The molecule has 6 N–H and O–H groups in total. The Morgan fingerprint density at radius 3 is 2.41 bits per heavy atom. The molecule has 3 heterocycles. The minimum Gasteiger partial charge on any atom is -0.394 e. The van der Waals surface area contributed by atoms with Gasteiger partial charge in [0.15, 0.2) is 12.5 Å². The second-order valence-corrected chi connectivity index (χ2v) is 6.32. The van der Waals surface area contributed by atoms with Gasteiger partial charge in [-0.2, -0.15) is 0 Å². The van der Waals surface area contributed by atoms with Crippen LogP contribution in [0.2, 0.25) is 0 Å². The molecule has 0 radical (unpaired) electrons. The molecule has 1 aromatic heterocycles. The fraction of sp³-hybridized carbons (Fsp3) is 0.733. The second kappa shape index (κ2) is 8.68. The van der Waals surface area contributed by atoms with Crippen LogP contribution in [0.25, 0.3) is 0 Å². The Hall–Kier alpha value is -1.48. The summed E-state index contributed by atoms with van der Waals surface area (Å²) in [5.74, 6) is 0. The van der Waals surface area contributed by atoms with E-state index >= 15 is 0 Å². The Bertz CT molecular complexity index is 640. The van der Waals surface area contributed by atoms with Gasteiger partial charge in [-0.3, -0.25) is 0 Å². The van der Waals surface area contributed by atoms with Gasteiger partial charge in [-0.15, -0.1) is 5.10 Å². The van der Waals surface area contributed by atoms with Gasteiger partial charge < -0.3 is 44.8 Å². The third-order valence-corrected chi connectivity index (χ3v) is 4.42. The van der Waals surface area contributed by atoms with E-state index in [1.165, 1.54) is 18.3 Å². The molecular formula is C15H23N3O9. The van der Waals surface area contributed by atoms with Crippen molar-refractivity contribution in [3.8, 4) is 0 Å². The van der Waals surface area contributed by atoms with Crippen molar-refractivity contribution in [2.75, 3.05) is 13.2 Å². The molecule has 1 aromatic rings. The van der Waals surface area contributed by atoms with Gasteiger partial charge in [0.25, 0.3) is 0 Å². The van der Waals surface area contributed by atoms with Gasteiger partial charge in [-0.25, -0.2) is 4.68 Å². The van der Waals surface area contributed by atoms with Crippen LogP contribution in [-0.2, 0) is 20.8 Å². The van der Waals surface area contributed by atoms with Crippen molar-refractivity contribution in [3.63, 3.8) is 0 Å². The highest BCUT2D eigenvalue weighted by molar-refractivity contribution is 5.00. The number of aromatic nitrogens is 3. The van der Waals surface area contributed by atoms with Crippen LogP contribution < -0.4 is 0 Å². The van der Waals surface area contributed by atoms with Gasteiger partial charge >= 0.3 is 0 Å². The zero-order valence-corrected chi connectivity index (χ0v) is 14.2. The smallest absolute Gasteiger partial charge is 0.180 e. The number of hydrogen-bond acceptors (Lipinski definition) is 11. The maximum absolute atomic E-state index is 10.1. The van der Waals surface area contributed by atoms with Crippen molar-refractivity contribution in [2.24, 2.45) is 0 Å². The fourth-order valence-corrected chi connectivity index (χ4v) is 2.84. The van der Waals surface area contributed by atoms with E-state index in [1.54, 1.807) is 0 Å². The van der Waals surface area contributed by atoms with Crippen molar-refractivity contribution in [1.29, 1.82) is 0 Å². The summed E-state index contributed by atoms with van der Waals surface area (Å²) in [4.78, 5) is 0. The van der Waals surface area contributed by atoms with E-state index in [-0.39, 0.29) is 13.2 Å². The fourth-order valence-electron chi connectivity index (χ4n) is 2.84. The molecule has 0 spiro atoms. The van der Waals surface area contributed by atoms with Crippen LogP contribution >= 0.6 is 0 Å². The quantitative estimate of drug-likeness (QED) is 0.265. The predicted molar refractivity (Wildman–Crippen MR) is 84.7 cm³/mol. The van der Waals surface area contributed by atoms with Crippen LogP contribution in [0.3, 0.4) is 0 Å². The zero-order chi connectivity index (χ0) is 19.6. The first-order valence-corrected chi connectivity index (χ1v) is 8.40. The Morgan fingerprint density at radius 1 is 0.963 bits per heavy atom. The molecule has 1 saturated heterocycles. The summed E-state index contributed by atoms with van der Waals surface area (Å²) in [6.45, 7) is -0.936. The average molecular weight is 389 g/mol. The van der Waals surface area contributed by atoms with Crippen molar-refractivity contribution < 1.29 is 44.8 Å². The van der Waals surface area contributed by atoms with Crippen LogP contribution in [-0.4, -0.2) is 102 Å². The molecular weight excluding hydrogens is 366 g/mol. The third kappa shape index (κ3) is 4.34. The van der Waals surface area contributed by atoms with Crippen LogP contribution in [0.15, 0.2) is 18.3 Å². The minimum absolute atomic E-state index is 0.0271. The summed E-state index contributed by atoms with van der Waals surface area (Å²) in [6, 6.07) is 0. The summed E-state index contributed by atoms with van der Waals surface area (Å²) >= 11 is 0. The maximum Gasteiger partial charge on any atom is 0.180 e. The summed E-state index contributed by atoms with van der Waals surface area (Å²) in [6.07, 6.45) is -4.79. The summed E-state index contributed by atoms with van der Waals surface area (Å²) in [5, 5.41) is 65.3. The molecule has 152 valence electrons. The molecule has 0 unspecified atom stereocenters. The molecule has 12 nitrogen and oxygen atoms in total. The number of nitrogens with zero attached hydrogens (tertiary/aromatic N) is 3. The first-order valence-electron chi connectivity index (χ1n) is 8.40. The van der Waals surface area contributed by atoms with Gasteiger partial charge in [0.05, 0.1) is 26.0 Å². The number of aliphatic hydroxyl groups excluding tert-OH is 6. The normalized spacial score (nSPS) is 39.6. The lowest BCUT2D eigenvalue weighted by Gasteiger charge is -2.39. The van der Waals surface area contributed by atoms with Crippen LogP contribution in [0.1, 0.15) is 11.9 Å². The van der Waals surface area contributed by atoms with E-state index in [2.05, 4.69) is 10.3 Å². The lowest BCUT2D eigenvalue weighted by atomic mass is 9.98. The lowest BCUT2D eigenvalue weighted by molar-refractivity contribution is -0.254. The summed E-state index contributed by atoms with van der Waals surface area (Å²) in [7, 11) is 0. The standard InChI is InChI=1S/C15H23N3O9/c19-4-9-8(21)1-2-11(26-9)25-6-7-3-18(17-16-7)15-14(24)13(23)12(22)10(5-20)27-15/h1-3,8-15,19-24H,4-6H2/t8-,9+,10+,11-,12+,13-,14+,15+/m0/s1. The highest BCUT2D eigenvalue weighted by atomic mass is 16.7. The van der Waals surface area contributed by atoms with Crippen LogP contribution in [0, 0.1) is 0 Å². The van der Waals surface area contributed by atoms with Crippen molar-refractivity contribution in [3.05, 3.63) is 24.0 Å². The number of hydrogen-bond donors (Lipinski definition) is 6. The molecule has 3 rings (SSSR count). The molecule has 12 heteroatoms. The zero-order valence-electron chi connectivity index (χ0n) is 14.2. The Balaban J connectivity index is 1.61. The van der Waals surface area contributed by atoms with Gasteiger partial charge in [0.1, 0.15) is 42.3 Å². The molecule has 1 fully saturated rings. The molecule has 8 atom stereocenters. The Morgan fingerprint density at radius 2 is 1.70 bits per heavy atom. The summed E-state index contributed by atoms with van der Waals surface area (Å²) < 4.78 is 17.4. The largest absolute Gasteiger partial charge is 0.394 e. The number of ether oxygens (including phenoxy) is 3.